The average Bonchev–Trinajstić information content (AvgIpc) is 1.88. The van der Waals surface area contributed by atoms with Crippen molar-refractivity contribution in [1.29, 1.82) is 0 Å². The summed E-state index contributed by atoms with van der Waals surface area (Å²) in [5, 5.41) is 0. The van der Waals surface area contributed by atoms with Gasteiger partial charge in [-0.1, -0.05) is 42.0 Å². The number of benzene rings is 1. The van der Waals surface area contributed by atoms with Gasteiger partial charge in [0.1, 0.15) is 0 Å². The minimum atomic E-state index is 0. The highest BCUT2D eigenvalue weighted by Crippen LogP contribution is 2.04. The standard InChI is InChI=1S/C10H12.H2/c1-9(2)8-10-6-4-3-5-7-10;/h3-8H,1-2H3;1H. The molecule has 0 aromatic heterocycles. The third kappa shape index (κ3) is 2.06. The highest BCUT2D eigenvalue weighted by atomic mass is 13.9. The van der Waals surface area contributed by atoms with E-state index in [1.165, 1.54) is 11.1 Å². The summed E-state index contributed by atoms with van der Waals surface area (Å²) >= 11 is 0. The highest BCUT2D eigenvalue weighted by molar-refractivity contribution is 5.51. The van der Waals surface area contributed by atoms with Gasteiger partial charge in [0, 0.05) is 1.43 Å². The Morgan fingerprint density at radius 2 is 1.80 bits per heavy atom. The summed E-state index contributed by atoms with van der Waals surface area (Å²) in [5.74, 6) is 0. The largest absolute Gasteiger partial charge is 0.0758 e. The van der Waals surface area contributed by atoms with E-state index in [4.69, 9.17) is 0 Å². The Balaban J connectivity index is 0.000001000. The van der Waals surface area contributed by atoms with Crippen molar-refractivity contribution in [3.05, 3.63) is 41.5 Å². The molecular weight excluding hydrogens is 120 g/mol. The van der Waals surface area contributed by atoms with Crippen LogP contribution in [0.5, 0.6) is 0 Å². The Hall–Kier alpha value is -1.04. The second-order valence-corrected chi connectivity index (χ2v) is 2.63. The van der Waals surface area contributed by atoms with E-state index in [1.807, 2.05) is 6.07 Å². The molecule has 0 atom stereocenters. The molecule has 0 bridgehead atoms. The molecule has 0 amide bonds. The number of hydrogen-bond acceptors (Lipinski definition) is 0. The number of allylic oxidation sites excluding steroid dienone is 1. The summed E-state index contributed by atoms with van der Waals surface area (Å²) < 4.78 is 0. The summed E-state index contributed by atoms with van der Waals surface area (Å²) in [6.07, 6.45) is 2.17. The van der Waals surface area contributed by atoms with Crippen molar-refractivity contribution in [1.82, 2.24) is 0 Å². The fourth-order valence-electron chi connectivity index (χ4n) is 0.883. The molecule has 0 spiro atoms. The summed E-state index contributed by atoms with van der Waals surface area (Å²) in [5.41, 5.74) is 2.62. The molecule has 0 aliphatic rings. The third-order valence-corrected chi connectivity index (χ3v) is 1.25. The van der Waals surface area contributed by atoms with E-state index in [0.29, 0.717) is 0 Å². The van der Waals surface area contributed by atoms with Gasteiger partial charge in [-0.05, 0) is 19.4 Å². The molecule has 0 unspecified atom stereocenters. The van der Waals surface area contributed by atoms with Crippen molar-refractivity contribution >= 4 is 6.08 Å². The maximum atomic E-state index is 2.17. The van der Waals surface area contributed by atoms with Crippen molar-refractivity contribution in [2.75, 3.05) is 0 Å². The van der Waals surface area contributed by atoms with Gasteiger partial charge in [-0.2, -0.15) is 0 Å². The van der Waals surface area contributed by atoms with Gasteiger partial charge in [-0.15, -0.1) is 0 Å². The van der Waals surface area contributed by atoms with Gasteiger partial charge >= 0.3 is 0 Å². The van der Waals surface area contributed by atoms with Crippen LogP contribution >= 0.6 is 0 Å². The molecule has 0 nitrogen and oxygen atoms in total. The lowest BCUT2D eigenvalue weighted by Gasteiger charge is -1.91. The third-order valence-electron chi connectivity index (χ3n) is 1.25. The average molecular weight is 134 g/mol. The molecule has 0 saturated carbocycles. The zero-order chi connectivity index (χ0) is 7.40. The predicted molar refractivity (Wildman–Crippen MR) is 47.9 cm³/mol. The molecule has 0 heterocycles. The van der Waals surface area contributed by atoms with Gasteiger partial charge < -0.3 is 0 Å². The van der Waals surface area contributed by atoms with Gasteiger partial charge in [0.05, 0.1) is 0 Å². The van der Waals surface area contributed by atoms with Gasteiger partial charge in [0.2, 0.25) is 0 Å². The summed E-state index contributed by atoms with van der Waals surface area (Å²) in [7, 11) is 0. The van der Waals surface area contributed by atoms with E-state index in [0.717, 1.165) is 0 Å². The second-order valence-electron chi connectivity index (χ2n) is 2.63. The molecular formula is C10H14. The van der Waals surface area contributed by atoms with Gasteiger partial charge in [-0.25, -0.2) is 0 Å². The lowest BCUT2D eigenvalue weighted by molar-refractivity contribution is 1.42. The van der Waals surface area contributed by atoms with Crippen LogP contribution in [0, 0.1) is 0 Å². The van der Waals surface area contributed by atoms with Crippen LogP contribution in [0.15, 0.2) is 35.9 Å². The van der Waals surface area contributed by atoms with Crippen LogP contribution in [0.1, 0.15) is 20.8 Å². The Labute approximate surface area is 63.7 Å². The fourth-order valence-corrected chi connectivity index (χ4v) is 0.883. The smallest absolute Gasteiger partial charge is 0 e. The number of hydrogen-bond donors (Lipinski definition) is 0. The maximum absolute atomic E-state index is 2.17. The topological polar surface area (TPSA) is 0 Å². The van der Waals surface area contributed by atoms with E-state index in [2.05, 4.69) is 44.2 Å². The van der Waals surface area contributed by atoms with Crippen LogP contribution in [0.2, 0.25) is 0 Å². The van der Waals surface area contributed by atoms with E-state index in [-0.39, 0.29) is 1.43 Å². The minimum absolute atomic E-state index is 0. The second kappa shape index (κ2) is 3.21. The Kier molecular flexibility index (Phi) is 2.27. The molecule has 54 valence electrons. The Morgan fingerprint density at radius 1 is 1.20 bits per heavy atom. The molecule has 0 aliphatic heterocycles. The highest BCUT2D eigenvalue weighted by Gasteiger charge is 1.82. The zero-order valence-corrected chi connectivity index (χ0v) is 6.46. The quantitative estimate of drug-likeness (QED) is 0.552. The van der Waals surface area contributed by atoms with Crippen molar-refractivity contribution in [2.45, 2.75) is 13.8 Å². The van der Waals surface area contributed by atoms with Gasteiger partial charge in [0.25, 0.3) is 0 Å². The minimum Gasteiger partial charge on any atom is -0.0758 e. The summed E-state index contributed by atoms with van der Waals surface area (Å²) in [6.45, 7) is 4.21. The molecule has 10 heavy (non-hydrogen) atoms. The molecule has 0 aliphatic carbocycles. The molecule has 1 rings (SSSR count). The van der Waals surface area contributed by atoms with Crippen LogP contribution in [0.3, 0.4) is 0 Å². The van der Waals surface area contributed by atoms with Crippen LogP contribution in [-0.4, -0.2) is 0 Å². The molecule has 0 N–H and O–H groups in total. The van der Waals surface area contributed by atoms with E-state index in [9.17, 15) is 0 Å². The van der Waals surface area contributed by atoms with Crippen molar-refractivity contribution in [3.8, 4) is 0 Å². The first-order chi connectivity index (χ1) is 4.79. The molecule has 0 radical (unpaired) electrons. The van der Waals surface area contributed by atoms with Crippen LogP contribution < -0.4 is 0 Å². The Bertz CT molecular complexity index is 220. The lowest BCUT2D eigenvalue weighted by Crippen LogP contribution is -1.69. The van der Waals surface area contributed by atoms with Gasteiger partial charge in [0.15, 0.2) is 0 Å². The van der Waals surface area contributed by atoms with Crippen LogP contribution in [-0.2, 0) is 0 Å². The normalized spacial score (nSPS) is 9.00. The van der Waals surface area contributed by atoms with Crippen LogP contribution in [0.4, 0.5) is 0 Å². The molecule has 1 aromatic rings. The van der Waals surface area contributed by atoms with E-state index in [1.54, 1.807) is 0 Å². The maximum Gasteiger partial charge on any atom is 0 e. The first-order valence-electron chi connectivity index (χ1n) is 3.49. The molecule has 1 aromatic carbocycles. The lowest BCUT2D eigenvalue weighted by atomic mass is 10.2. The Morgan fingerprint density at radius 3 is 2.30 bits per heavy atom. The van der Waals surface area contributed by atoms with E-state index < -0.39 is 0 Å². The van der Waals surface area contributed by atoms with E-state index >= 15 is 0 Å². The SMILES string of the molecule is CC(C)=Cc1ccccc1.[HH]. The zero-order valence-electron chi connectivity index (χ0n) is 6.46. The molecule has 0 saturated heterocycles. The first-order valence-corrected chi connectivity index (χ1v) is 3.49. The fraction of sp³-hybridized carbons (Fsp3) is 0.200. The van der Waals surface area contributed by atoms with Crippen molar-refractivity contribution in [3.63, 3.8) is 0 Å². The summed E-state index contributed by atoms with van der Waals surface area (Å²) in [6, 6.07) is 10.3. The van der Waals surface area contributed by atoms with Crippen molar-refractivity contribution in [2.24, 2.45) is 0 Å². The number of rotatable bonds is 1. The van der Waals surface area contributed by atoms with Crippen molar-refractivity contribution < 1.29 is 1.43 Å². The summed E-state index contributed by atoms with van der Waals surface area (Å²) in [4.78, 5) is 0. The molecule has 0 heteroatoms. The monoisotopic (exact) mass is 134 g/mol. The van der Waals surface area contributed by atoms with Crippen LogP contribution in [0.25, 0.3) is 6.08 Å². The van der Waals surface area contributed by atoms with Gasteiger partial charge in [-0.3, -0.25) is 0 Å². The predicted octanol–water partition coefficient (Wildman–Crippen LogP) is 3.36. The first kappa shape index (κ1) is 7.07. The molecule has 0 fully saturated rings.